The van der Waals surface area contributed by atoms with Crippen LogP contribution in [0.3, 0.4) is 0 Å². The summed E-state index contributed by atoms with van der Waals surface area (Å²) in [6.45, 7) is 5.16. The zero-order valence-corrected chi connectivity index (χ0v) is 15.3. The molecule has 1 aromatic rings. The number of hydrogen-bond acceptors (Lipinski definition) is 5. The molecular weight excluding hydrogens is 318 g/mol. The highest BCUT2D eigenvalue weighted by Crippen LogP contribution is 2.38. The van der Waals surface area contributed by atoms with Crippen molar-refractivity contribution < 1.29 is 22.6 Å². The Morgan fingerprint density at radius 3 is 1.96 bits per heavy atom. The number of methoxy groups -OCH3 is 3. The molecule has 23 heavy (non-hydrogen) atoms. The van der Waals surface area contributed by atoms with Crippen LogP contribution < -0.4 is 18.9 Å². The maximum Gasteiger partial charge on any atom is 0.216 e. The number of sulfonamides is 1. The van der Waals surface area contributed by atoms with Gasteiger partial charge in [-0.25, -0.2) is 13.1 Å². The van der Waals surface area contributed by atoms with Gasteiger partial charge in [-0.05, 0) is 38.5 Å². The van der Waals surface area contributed by atoms with Crippen LogP contribution in [0.5, 0.6) is 17.2 Å². The molecule has 6 nitrogen and oxygen atoms in total. The Morgan fingerprint density at radius 2 is 1.57 bits per heavy atom. The van der Waals surface area contributed by atoms with Crippen LogP contribution in [-0.4, -0.2) is 41.0 Å². The number of nitrogens with one attached hydrogen (secondary N) is 1. The van der Waals surface area contributed by atoms with E-state index in [-0.39, 0.29) is 6.54 Å². The van der Waals surface area contributed by atoms with Gasteiger partial charge in [-0.15, -0.1) is 0 Å². The molecule has 0 heterocycles. The van der Waals surface area contributed by atoms with Crippen LogP contribution in [0.2, 0.25) is 0 Å². The van der Waals surface area contributed by atoms with Crippen molar-refractivity contribution in [3.8, 4) is 17.2 Å². The third-order valence-electron chi connectivity index (χ3n) is 3.19. The van der Waals surface area contributed by atoms with E-state index < -0.39 is 14.8 Å². The number of rotatable bonds is 7. The molecular formula is C16H25NO5S. The second-order valence-electron chi connectivity index (χ2n) is 5.83. The summed E-state index contributed by atoms with van der Waals surface area (Å²) >= 11 is 0. The third-order valence-corrected chi connectivity index (χ3v) is 5.35. The fourth-order valence-corrected chi connectivity index (χ4v) is 2.52. The third kappa shape index (κ3) is 4.87. The topological polar surface area (TPSA) is 73.9 Å². The molecule has 7 heteroatoms. The second-order valence-corrected chi connectivity index (χ2v) is 8.35. The monoisotopic (exact) mass is 343 g/mol. The minimum Gasteiger partial charge on any atom is -0.493 e. The van der Waals surface area contributed by atoms with Crippen LogP contribution in [0.1, 0.15) is 26.3 Å². The SMILES string of the molecule is COc1cc(/C=C/CNS(=O)(=O)C(C)(C)C)cc(OC)c1OC. The van der Waals surface area contributed by atoms with Gasteiger partial charge < -0.3 is 14.2 Å². The zero-order chi connectivity index (χ0) is 17.7. The lowest BCUT2D eigenvalue weighted by molar-refractivity contribution is 0.324. The van der Waals surface area contributed by atoms with Crippen molar-refractivity contribution in [2.24, 2.45) is 0 Å². The molecule has 1 N–H and O–H groups in total. The predicted octanol–water partition coefficient (Wildman–Crippen LogP) is 2.44. The lowest BCUT2D eigenvalue weighted by atomic mass is 10.1. The van der Waals surface area contributed by atoms with Gasteiger partial charge in [-0.1, -0.05) is 12.2 Å². The predicted molar refractivity (Wildman–Crippen MR) is 91.8 cm³/mol. The van der Waals surface area contributed by atoms with Crippen LogP contribution in [0, 0.1) is 0 Å². The lowest BCUT2D eigenvalue weighted by Gasteiger charge is -2.18. The minimum atomic E-state index is -3.36. The Labute approximate surface area is 138 Å². The van der Waals surface area contributed by atoms with Crippen molar-refractivity contribution in [3.05, 3.63) is 23.8 Å². The van der Waals surface area contributed by atoms with Crippen LogP contribution in [0.25, 0.3) is 6.08 Å². The summed E-state index contributed by atoms with van der Waals surface area (Å²) in [6, 6.07) is 3.58. The molecule has 0 bridgehead atoms. The fraction of sp³-hybridized carbons (Fsp3) is 0.500. The molecule has 0 fully saturated rings. The summed E-state index contributed by atoms with van der Waals surface area (Å²) in [5.41, 5.74) is 0.814. The Morgan fingerprint density at radius 1 is 1.04 bits per heavy atom. The highest BCUT2D eigenvalue weighted by molar-refractivity contribution is 7.90. The van der Waals surface area contributed by atoms with Gasteiger partial charge in [0.15, 0.2) is 11.5 Å². The van der Waals surface area contributed by atoms with Gasteiger partial charge in [0.1, 0.15) is 0 Å². The molecule has 0 aliphatic heterocycles. The van der Waals surface area contributed by atoms with Crippen molar-refractivity contribution in [1.29, 1.82) is 0 Å². The van der Waals surface area contributed by atoms with Crippen LogP contribution in [0.4, 0.5) is 0 Å². The summed E-state index contributed by atoms with van der Waals surface area (Å²) in [7, 11) is 1.27. The summed E-state index contributed by atoms with van der Waals surface area (Å²) in [4.78, 5) is 0. The Kier molecular flexibility index (Phi) is 6.47. The average Bonchev–Trinajstić information content (AvgIpc) is 2.49. The first-order valence-corrected chi connectivity index (χ1v) is 8.60. The van der Waals surface area contributed by atoms with E-state index in [2.05, 4.69) is 4.72 Å². The van der Waals surface area contributed by atoms with Crippen molar-refractivity contribution in [3.63, 3.8) is 0 Å². The average molecular weight is 343 g/mol. The first-order valence-electron chi connectivity index (χ1n) is 7.12. The van der Waals surface area contributed by atoms with E-state index in [1.165, 1.54) is 7.11 Å². The molecule has 0 spiro atoms. The number of ether oxygens (including phenoxy) is 3. The molecule has 0 amide bonds. The van der Waals surface area contributed by atoms with Crippen molar-refractivity contribution in [2.75, 3.05) is 27.9 Å². The van der Waals surface area contributed by atoms with E-state index in [0.29, 0.717) is 17.2 Å². The molecule has 130 valence electrons. The zero-order valence-electron chi connectivity index (χ0n) is 14.5. The van der Waals surface area contributed by atoms with Gasteiger partial charge in [0.25, 0.3) is 0 Å². The van der Waals surface area contributed by atoms with E-state index >= 15 is 0 Å². The Balaban J connectivity index is 2.89. The normalized spacial score (nSPS) is 12.4. The molecule has 0 aliphatic rings. The molecule has 0 aromatic heterocycles. The van der Waals surface area contributed by atoms with Gasteiger partial charge in [0, 0.05) is 6.54 Å². The van der Waals surface area contributed by atoms with Crippen LogP contribution >= 0.6 is 0 Å². The molecule has 0 atom stereocenters. The largest absolute Gasteiger partial charge is 0.493 e. The van der Waals surface area contributed by atoms with E-state index in [0.717, 1.165) is 5.56 Å². The van der Waals surface area contributed by atoms with Crippen molar-refractivity contribution in [2.45, 2.75) is 25.5 Å². The summed E-state index contributed by atoms with van der Waals surface area (Å²) in [6.07, 6.45) is 3.51. The molecule has 0 saturated carbocycles. The Bertz CT molecular complexity index is 635. The minimum absolute atomic E-state index is 0.205. The molecule has 0 saturated heterocycles. The van der Waals surface area contributed by atoms with Gasteiger partial charge in [-0.3, -0.25) is 0 Å². The van der Waals surface area contributed by atoms with E-state index in [1.54, 1.807) is 59.3 Å². The first-order chi connectivity index (χ1) is 10.7. The number of hydrogen-bond donors (Lipinski definition) is 1. The maximum absolute atomic E-state index is 11.9. The van der Waals surface area contributed by atoms with Crippen LogP contribution in [-0.2, 0) is 10.0 Å². The summed E-state index contributed by atoms with van der Waals surface area (Å²) in [5.74, 6) is 1.60. The quantitative estimate of drug-likeness (QED) is 0.823. The van der Waals surface area contributed by atoms with Gasteiger partial charge in [-0.2, -0.15) is 0 Å². The van der Waals surface area contributed by atoms with Gasteiger partial charge >= 0.3 is 0 Å². The summed E-state index contributed by atoms with van der Waals surface area (Å²) < 4.78 is 41.4. The second kappa shape index (κ2) is 7.70. The Hall–Kier alpha value is -1.73. The standard InChI is InChI=1S/C16H25NO5S/c1-16(2,3)23(18,19)17-9-7-8-12-10-13(20-4)15(22-6)14(11-12)21-5/h7-8,10-11,17H,9H2,1-6H3/b8-7+. The van der Waals surface area contributed by atoms with Crippen LogP contribution in [0.15, 0.2) is 18.2 Å². The smallest absolute Gasteiger partial charge is 0.216 e. The van der Waals surface area contributed by atoms with E-state index in [9.17, 15) is 8.42 Å². The van der Waals surface area contributed by atoms with Gasteiger partial charge in [0.2, 0.25) is 15.8 Å². The fourth-order valence-electron chi connectivity index (χ4n) is 1.77. The lowest BCUT2D eigenvalue weighted by Crippen LogP contribution is -2.39. The maximum atomic E-state index is 11.9. The molecule has 0 aliphatic carbocycles. The number of benzene rings is 1. The van der Waals surface area contributed by atoms with Crippen molar-refractivity contribution in [1.82, 2.24) is 4.72 Å². The summed E-state index contributed by atoms with van der Waals surface area (Å²) in [5, 5.41) is 0. The molecule has 0 unspecified atom stereocenters. The van der Waals surface area contributed by atoms with Crippen molar-refractivity contribution >= 4 is 16.1 Å². The van der Waals surface area contributed by atoms with Gasteiger partial charge in [0.05, 0.1) is 26.1 Å². The highest BCUT2D eigenvalue weighted by atomic mass is 32.2. The molecule has 1 aromatic carbocycles. The first kappa shape index (κ1) is 19.3. The molecule has 0 radical (unpaired) electrons. The highest BCUT2D eigenvalue weighted by Gasteiger charge is 2.27. The van der Waals surface area contributed by atoms with E-state index in [4.69, 9.17) is 14.2 Å². The van der Waals surface area contributed by atoms with E-state index in [1.807, 2.05) is 0 Å². The molecule has 1 rings (SSSR count).